The van der Waals surface area contributed by atoms with Crippen molar-refractivity contribution < 1.29 is 19.1 Å². The van der Waals surface area contributed by atoms with Crippen molar-refractivity contribution in [3.05, 3.63) is 54.1 Å². The Hall–Kier alpha value is -2.82. The Labute approximate surface area is 147 Å². The van der Waals surface area contributed by atoms with Gasteiger partial charge >= 0.3 is 0 Å². The summed E-state index contributed by atoms with van der Waals surface area (Å²) in [4.78, 5) is 26.8. The lowest BCUT2D eigenvalue weighted by Gasteiger charge is -2.15. The van der Waals surface area contributed by atoms with Gasteiger partial charge in [0, 0.05) is 5.92 Å². The van der Waals surface area contributed by atoms with E-state index in [1.807, 2.05) is 31.2 Å². The smallest absolute Gasteiger partial charge is 0.238 e. The third-order valence-corrected chi connectivity index (χ3v) is 4.70. The Bertz CT molecular complexity index is 767. The molecule has 0 aromatic heterocycles. The quantitative estimate of drug-likeness (QED) is 0.786. The summed E-state index contributed by atoms with van der Waals surface area (Å²) in [6, 6.07) is 14.5. The second-order valence-electron chi connectivity index (χ2n) is 6.16. The van der Waals surface area contributed by atoms with Crippen LogP contribution in [0.2, 0.25) is 0 Å². The predicted octanol–water partition coefficient (Wildman–Crippen LogP) is 3.07. The highest BCUT2D eigenvalue weighted by Crippen LogP contribution is 2.33. The first-order valence-electron chi connectivity index (χ1n) is 8.20. The normalized spacial score (nSPS) is 20.0. The molecule has 2 amide bonds. The lowest BCUT2D eigenvalue weighted by molar-refractivity contribution is -0.122. The first-order chi connectivity index (χ1) is 12.0. The molecule has 1 aliphatic heterocycles. The van der Waals surface area contributed by atoms with Crippen molar-refractivity contribution >= 4 is 17.5 Å². The minimum Gasteiger partial charge on any atom is -0.497 e. The van der Waals surface area contributed by atoms with Crippen LogP contribution < -0.4 is 14.4 Å². The third-order valence-electron chi connectivity index (χ3n) is 4.70. The van der Waals surface area contributed by atoms with E-state index in [-0.39, 0.29) is 23.7 Å². The van der Waals surface area contributed by atoms with Crippen molar-refractivity contribution in [2.45, 2.75) is 13.3 Å². The summed E-state index contributed by atoms with van der Waals surface area (Å²) in [6.45, 7) is 1.82. The monoisotopic (exact) mass is 339 g/mol. The van der Waals surface area contributed by atoms with E-state index in [1.165, 1.54) is 4.90 Å². The molecule has 0 bridgehead atoms. The Morgan fingerprint density at radius 3 is 1.88 bits per heavy atom. The SMILES string of the molecule is COc1ccc(CC2C(=O)N(c3ccc(OC)cc3)C(=O)C2C)cc1. The molecule has 2 aromatic carbocycles. The van der Waals surface area contributed by atoms with Gasteiger partial charge in [-0.2, -0.15) is 0 Å². The maximum atomic E-state index is 12.9. The highest BCUT2D eigenvalue weighted by atomic mass is 16.5. The molecule has 1 saturated heterocycles. The van der Waals surface area contributed by atoms with Gasteiger partial charge in [-0.25, -0.2) is 0 Å². The number of carbonyl (C=O) groups is 2. The number of carbonyl (C=O) groups excluding carboxylic acids is 2. The van der Waals surface area contributed by atoms with Crippen LogP contribution in [-0.4, -0.2) is 26.0 Å². The van der Waals surface area contributed by atoms with Crippen molar-refractivity contribution in [1.82, 2.24) is 0 Å². The lowest BCUT2D eigenvalue weighted by Crippen LogP contribution is -2.31. The topological polar surface area (TPSA) is 55.8 Å². The van der Waals surface area contributed by atoms with Crippen LogP contribution in [-0.2, 0) is 16.0 Å². The average molecular weight is 339 g/mol. The van der Waals surface area contributed by atoms with Crippen molar-refractivity contribution in [3.63, 3.8) is 0 Å². The molecular formula is C20H21NO4. The molecule has 25 heavy (non-hydrogen) atoms. The van der Waals surface area contributed by atoms with E-state index in [0.29, 0.717) is 17.9 Å². The number of nitrogens with zero attached hydrogens (tertiary/aromatic N) is 1. The first-order valence-corrected chi connectivity index (χ1v) is 8.20. The van der Waals surface area contributed by atoms with Gasteiger partial charge in [0.2, 0.25) is 11.8 Å². The van der Waals surface area contributed by atoms with Gasteiger partial charge in [0.25, 0.3) is 0 Å². The Kier molecular flexibility index (Phi) is 4.74. The zero-order valence-corrected chi connectivity index (χ0v) is 14.6. The number of methoxy groups -OCH3 is 2. The number of anilines is 1. The fourth-order valence-corrected chi connectivity index (χ4v) is 3.13. The van der Waals surface area contributed by atoms with E-state index in [2.05, 4.69) is 0 Å². The highest BCUT2D eigenvalue weighted by Gasteiger charge is 2.45. The summed E-state index contributed by atoms with van der Waals surface area (Å²) in [5.74, 6) is 0.433. The van der Waals surface area contributed by atoms with Crippen LogP contribution in [0.3, 0.4) is 0 Å². The first kappa shape index (κ1) is 17.0. The van der Waals surface area contributed by atoms with E-state index in [9.17, 15) is 9.59 Å². The molecule has 0 saturated carbocycles. The number of hydrogen-bond acceptors (Lipinski definition) is 4. The fraction of sp³-hybridized carbons (Fsp3) is 0.300. The highest BCUT2D eigenvalue weighted by molar-refractivity contribution is 6.22. The molecule has 5 nitrogen and oxygen atoms in total. The number of benzene rings is 2. The minimum absolute atomic E-state index is 0.154. The van der Waals surface area contributed by atoms with Gasteiger partial charge in [0.15, 0.2) is 0 Å². The molecule has 5 heteroatoms. The molecular weight excluding hydrogens is 318 g/mol. The standard InChI is InChI=1S/C20H21NO4/c1-13-18(12-14-4-8-16(24-2)9-5-14)20(23)21(19(13)22)15-6-10-17(25-3)11-7-15/h4-11,13,18H,12H2,1-3H3. The van der Waals surface area contributed by atoms with E-state index in [0.717, 1.165) is 11.3 Å². The second kappa shape index (κ2) is 6.97. The van der Waals surface area contributed by atoms with Gasteiger partial charge in [-0.3, -0.25) is 14.5 Å². The number of ether oxygens (including phenoxy) is 2. The fourth-order valence-electron chi connectivity index (χ4n) is 3.13. The van der Waals surface area contributed by atoms with Crippen LogP contribution in [0.25, 0.3) is 0 Å². The van der Waals surface area contributed by atoms with Crippen molar-refractivity contribution in [2.24, 2.45) is 11.8 Å². The Balaban J connectivity index is 1.81. The zero-order valence-electron chi connectivity index (χ0n) is 14.6. The maximum Gasteiger partial charge on any atom is 0.238 e. The lowest BCUT2D eigenvalue weighted by atomic mass is 9.90. The van der Waals surface area contributed by atoms with Crippen molar-refractivity contribution in [1.29, 1.82) is 0 Å². The summed E-state index contributed by atoms with van der Waals surface area (Å²) in [6.07, 6.45) is 0.530. The van der Waals surface area contributed by atoms with E-state index >= 15 is 0 Å². The summed E-state index contributed by atoms with van der Waals surface area (Å²) < 4.78 is 10.3. The van der Waals surface area contributed by atoms with Gasteiger partial charge in [-0.15, -0.1) is 0 Å². The van der Waals surface area contributed by atoms with Crippen LogP contribution >= 0.6 is 0 Å². The second-order valence-corrected chi connectivity index (χ2v) is 6.16. The largest absolute Gasteiger partial charge is 0.497 e. The average Bonchev–Trinajstić information content (AvgIpc) is 2.86. The number of hydrogen-bond donors (Lipinski definition) is 0. The summed E-state index contributed by atoms with van der Waals surface area (Å²) in [7, 11) is 3.19. The molecule has 3 rings (SSSR count). The molecule has 0 spiro atoms. The maximum absolute atomic E-state index is 12.9. The molecule has 2 aromatic rings. The third kappa shape index (κ3) is 3.22. The summed E-state index contributed by atoms with van der Waals surface area (Å²) in [5, 5.41) is 0. The number of amides is 2. The Morgan fingerprint density at radius 1 is 0.840 bits per heavy atom. The molecule has 2 unspecified atom stereocenters. The number of imide groups is 1. The summed E-state index contributed by atoms with van der Waals surface area (Å²) in [5.41, 5.74) is 1.59. The van der Waals surface area contributed by atoms with Gasteiger partial charge in [-0.1, -0.05) is 19.1 Å². The molecule has 0 aliphatic carbocycles. The molecule has 1 fully saturated rings. The predicted molar refractivity (Wildman–Crippen MR) is 94.8 cm³/mol. The zero-order chi connectivity index (χ0) is 18.0. The minimum atomic E-state index is -0.358. The van der Waals surface area contributed by atoms with Crippen LogP contribution in [0.15, 0.2) is 48.5 Å². The van der Waals surface area contributed by atoms with Crippen LogP contribution in [0.4, 0.5) is 5.69 Å². The molecule has 0 N–H and O–H groups in total. The van der Waals surface area contributed by atoms with E-state index in [4.69, 9.17) is 9.47 Å². The molecule has 0 radical (unpaired) electrons. The number of rotatable bonds is 5. The van der Waals surface area contributed by atoms with E-state index < -0.39 is 0 Å². The van der Waals surface area contributed by atoms with Gasteiger partial charge in [-0.05, 0) is 48.4 Å². The van der Waals surface area contributed by atoms with Crippen molar-refractivity contribution in [3.8, 4) is 11.5 Å². The van der Waals surface area contributed by atoms with Gasteiger partial charge in [0.1, 0.15) is 11.5 Å². The van der Waals surface area contributed by atoms with Crippen LogP contribution in [0.1, 0.15) is 12.5 Å². The van der Waals surface area contributed by atoms with Gasteiger partial charge < -0.3 is 9.47 Å². The summed E-state index contributed by atoms with van der Waals surface area (Å²) >= 11 is 0. The molecule has 130 valence electrons. The molecule has 1 heterocycles. The van der Waals surface area contributed by atoms with E-state index in [1.54, 1.807) is 38.5 Å². The Morgan fingerprint density at radius 2 is 1.36 bits per heavy atom. The van der Waals surface area contributed by atoms with Crippen LogP contribution in [0, 0.1) is 11.8 Å². The van der Waals surface area contributed by atoms with Crippen molar-refractivity contribution in [2.75, 3.05) is 19.1 Å². The molecule has 1 aliphatic rings. The molecule has 2 atom stereocenters. The van der Waals surface area contributed by atoms with Gasteiger partial charge in [0.05, 0.1) is 25.8 Å². The van der Waals surface area contributed by atoms with Crippen LogP contribution in [0.5, 0.6) is 11.5 Å².